The molecule has 1 aromatic heterocycles. The molecule has 3 heteroatoms. The third-order valence-electron chi connectivity index (χ3n) is 4.31. The van der Waals surface area contributed by atoms with Gasteiger partial charge in [-0.05, 0) is 49.8 Å². The monoisotopic (exact) mass is 283 g/mol. The van der Waals surface area contributed by atoms with E-state index in [-0.39, 0.29) is 0 Å². The number of fused-ring (bicyclic) bond motifs is 1. The van der Waals surface area contributed by atoms with Gasteiger partial charge in [-0.2, -0.15) is 0 Å². The highest BCUT2D eigenvalue weighted by atomic mass is 15.1. The number of nitrogens with one attached hydrogen (secondary N) is 1. The molecule has 21 heavy (non-hydrogen) atoms. The summed E-state index contributed by atoms with van der Waals surface area (Å²) in [4.78, 5) is 4.61. The molecule has 0 aliphatic heterocycles. The van der Waals surface area contributed by atoms with Crippen LogP contribution in [0.25, 0.3) is 0 Å². The predicted molar refractivity (Wildman–Crippen MR) is 86.4 cm³/mol. The van der Waals surface area contributed by atoms with Gasteiger partial charge < -0.3 is 9.88 Å². The first-order chi connectivity index (χ1) is 10.4. The molecule has 112 valence electrons. The van der Waals surface area contributed by atoms with Crippen LogP contribution in [0.15, 0.2) is 30.6 Å². The number of hydrogen-bond donors (Lipinski definition) is 1. The maximum atomic E-state index is 4.61. The molecule has 1 aromatic carbocycles. The number of aryl methyl sites for hydroxylation is 1. The molecular weight excluding hydrogens is 258 g/mol. The Balaban J connectivity index is 1.77. The zero-order chi connectivity index (χ0) is 14.5. The molecule has 3 nitrogen and oxygen atoms in total. The maximum Gasteiger partial charge on any atom is 0.0954 e. The molecule has 0 unspecified atom stereocenters. The fraction of sp³-hybridized carbons (Fsp3) is 0.500. The Labute approximate surface area is 127 Å². The van der Waals surface area contributed by atoms with E-state index in [1.807, 2.05) is 6.33 Å². The Morgan fingerprint density at radius 1 is 1.14 bits per heavy atom. The van der Waals surface area contributed by atoms with Crippen LogP contribution in [0.1, 0.15) is 48.7 Å². The minimum atomic E-state index is 0.951. The first-order valence-corrected chi connectivity index (χ1v) is 8.19. The van der Waals surface area contributed by atoms with E-state index in [2.05, 4.69) is 46.1 Å². The van der Waals surface area contributed by atoms with Gasteiger partial charge in [0.25, 0.3) is 0 Å². The third kappa shape index (κ3) is 3.35. The summed E-state index contributed by atoms with van der Waals surface area (Å²) in [6, 6.07) is 8.76. The van der Waals surface area contributed by atoms with E-state index in [9.17, 15) is 0 Å². The lowest BCUT2D eigenvalue weighted by Gasteiger charge is -2.16. The van der Waals surface area contributed by atoms with Crippen LogP contribution in [-0.4, -0.2) is 16.1 Å². The van der Waals surface area contributed by atoms with Crippen molar-refractivity contribution in [2.45, 2.75) is 52.1 Å². The van der Waals surface area contributed by atoms with E-state index < -0.39 is 0 Å². The van der Waals surface area contributed by atoms with Crippen molar-refractivity contribution < 1.29 is 0 Å². The summed E-state index contributed by atoms with van der Waals surface area (Å²) in [6.07, 6.45) is 8.15. The van der Waals surface area contributed by atoms with Gasteiger partial charge in [0.2, 0.25) is 0 Å². The zero-order valence-electron chi connectivity index (χ0n) is 12.9. The minimum absolute atomic E-state index is 0.951. The summed E-state index contributed by atoms with van der Waals surface area (Å²) in [5, 5.41) is 3.51. The average molecular weight is 283 g/mol. The Morgan fingerprint density at radius 3 is 2.81 bits per heavy atom. The average Bonchev–Trinajstić information content (AvgIpc) is 2.93. The molecule has 1 aliphatic carbocycles. The quantitative estimate of drug-likeness (QED) is 0.824. The number of nitrogens with zero attached hydrogens (tertiary/aromatic N) is 2. The summed E-state index contributed by atoms with van der Waals surface area (Å²) >= 11 is 0. The molecule has 0 spiro atoms. The molecule has 3 rings (SSSR count). The number of imidazole rings is 1. The molecule has 2 aromatic rings. The second kappa shape index (κ2) is 6.90. The molecule has 0 radical (unpaired) electrons. The van der Waals surface area contributed by atoms with Gasteiger partial charge in [0.1, 0.15) is 0 Å². The number of aromatic nitrogens is 2. The standard InChI is InChI=1S/C18H25N3/c1-2-11-19-12-15-7-3-4-8-16(15)13-21-14-20-17-9-5-6-10-18(17)21/h3-4,7-8,14,19H,2,5-6,9-13H2,1H3. The molecule has 1 heterocycles. The second-order valence-electron chi connectivity index (χ2n) is 5.92. The van der Waals surface area contributed by atoms with E-state index in [0.29, 0.717) is 0 Å². The van der Waals surface area contributed by atoms with Crippen LogP contribution < -0.4 is 5.32 Å². The van der Waals surface area contributed by atoms with Crippen molar-refractivity contribution in [3.05, 3.63) is 53.1 Å². The lowest BCUT2D eigenvalue weighted by Crippen LogP contribution is -2.16. The van der Waals surface area contributed by atoms with Crippen LogP contribution in [0.4, 0.5) is 0 Å². The normalized spacial score (nSPS) is 14.1. The van der Waals surface area contributed by atoms with E-state index >= 15 is 0 Å². The zero-order valence-corrected chi connectivity index (χ0v) is 12.9. The molecule has 0 fully saturated rings. The van der Waals surface area contributed by atoms with Gasteiger partial charge in [0, 0.05) is 18.8 Å². The van der Waals surface area contributed by atoms with Gasteiger partial charge in [-0.25, -0.2) is 4.98 Å². The van der Waals surface area contributed by atoms with E-state index in [4.69, 9.17) is 0 Å². The molecular formula is C18H25N3. The predicted octanol–water partition coefficient (Wildman–Crippen LogP) is 3.31. The van der Waals surface area contributed by atoms with Crippen LogP contribution in [0.2, 0.25) is 0 Å². The topological polar surface area (TPSA) is 29.9 Å². The summed E-state index contributed by atoms with van der Waals surface area (Å²) in [5.74, 6) is 0. The smallest absolute Gasteiger partial charge is 0.0954 e. The van der Waals surface area contributed by atoms with Crippen molar-refractivity contribution in [3.63, 3.8) is 0 Å². The molecule has 1 aliphatic rings. The maximum absolute atomic E-state index is 4.61. The highest BCUT2D eigenvalue weighted by Gasteiger charge is 2.15. The van der Waals surface area contributed by atoms with Crippen LogP contribution in [0.5, 0.6) is 0 Å². The van der Waals surface area contributed by atoms with Crippen molar-refractivity contribution in [1.82, 2.24) is 14.9 Å². The lowest BCUT2D eigenvalue weighted by molar-refractivity contribution is 0.623. The lowest BCUT2D eigenvalue weighted by atomic mass is 10.0. The Kier molecular flexibility index (Phi) is 4.71. The van der Waals surface area contributed by atoms with Gasteiger partial charge in [-0.15, -0.1) is 0 Å². The molecule has 0 bridgehead atoms. The summed E-state index contributed by atoms with van der Waals surface area (Å²) < 4.78 is 2.35. The number of rotatable bonds is 6. The van der Waals surface area contributed by atoms with E-state index in [0.717, 1.165) is 26.1 Å². The SMILES string of the molecule is CCCNCc1ccccc1Cn1cnc2c1CCCC2. The van der Waals surface area contributed by atoms with Crippen molar-refractivity contribution in [1.29, 1.82) is 0 Å². The molecule has 0 saturated heterocycles. The second-order valence-corrected chi connectivity index (χ2v) is 5.92. The van der Waals surface area contributed by atoms with Crippen molar-refractivity contribution >= 4 is 0 Å². The van der Waals surface area contributed by atoms with Gasteiger partial charge in [0.15, 0.2) is 0 Å². The van der Waals surface area contributed by atoms with Crippen molar-refractivity contribution in [2.24, 2.45) is 0 Å². The summed E-state index contributed by atoms with van der Waals surface area (Å²) in [6.45, 7) is 5.19. The molecule has 1 N–H and O–H groups in total. The van der Waals surface area contributed by atoms with E-state index in [1.165, 1.54) is 48.2 Å². The highest BCUT2D eigenvalue weighted by Crippen LogP contribution is 2.21. The Hall–Kier alpha value is -1.61. The number of hydrogen-bond acceptors (Lipinski definition) is 2. The number of benzene rings is 1. The third-order valence-corrected chi connectivity index (χ3v) is 4.31. The van der Waals surface area contributed by atoms with E-state index in [1.54, 1.807) is 0 Å². The first kappa shape index (κ1) is 14.3. The fourth-order valence-electron chi connectivity index (χ4n) is 3.13. The Morgan fingerprint density at radius 2 is 1.95 bits per heavy atom. The summed E-state index contributed by atoms with van der Waals surface area (Å²) in [5.41, 5.74) is 5.59. The van der Waals surface area contributed by atoms with Gasteiger partial charge in [0.05, 0.1) is 12.0 Å². The van der Waals surface area contributed by atoms with Crippen LogP contribution in [0, 0.1) is 0 Å². The fourth-order valence-corrected chi connectivity index (χ4v) is 3.13. The van der Waals surface area contributed by atoms with Gasteiger partial charge >= 0.3 is 0 Å². The Bertz CT molecular complexity index is 586. The largest absolute Gasteiger partial charge is 0.330 e. The minimum Gasteiger partial charge on any atom is -0.330 e. The van der Waals surface area contributed by atoms with Crippen LogP contribution >= 0.6 is 0 Å². The van der Waals surface area contributed by atoms with Crippen LogP contribution in [0.3, 0.4) is 0 Å². The van der Waals surface area contributed by atoms with Gasteiger partial charge in [-0.1, -0.05) is 31.2 Å². The highest BCUT2D eigenvalue weighted by molar-refractivity contribution is 5.28. The van der Waals surface area contributed by atoms with Gasteiger partial charge in [-0.3, -0.25) is 0 Å². The molecule has 0 atom stereocenters. The molecule has 0 saturated carbocycles. The first-order valence-electron chi connectivity index (χ1n) is 8.19. The van der Waals surface area contributed by atoms with Crippen LogP contribution in [-0.2, 0) is 25.9 Å². The van der Waals surface area contributed by atoms with Crippen molar-refractivity contribution in [3.8, 4) is 0 Å². The van der Waals surface area contributed by atoms with Crippen molar-refractivity contribution in [2.75, 3.05) is 6.54 Å². The molecule has 0 amide bonds. The summed E-state index contributed by atoms with van der Waals surface area (Å²) in [7, 11) is 0.